The van der Waals surface area contributed by atoms with E-state index in [1.807, 2.05) is 0 Å². The lowest BCUT2D eigenvalue weighted by Gasteiger charge is -2.04. The van der Waals surface area contributed by atoms with Crippen LogP contribution in [0.3, 0.4) is 0 Å². The van der Waals surface area contributed by atoms with Gasteiger partial charge < -0.3 is 4.98 Å². The van der Waals surface area contributed by atoms with Gasteiger partial charge in [0.2, 0.25) is 0 Å². The van der Waals surface area contributed by atoms with Crippen LogP contribution in [-0.4, -0.2) is 14.5 Å². The van der Waals surface area contributed by atoms with Crippen LogP contribution in [0.15, 0.2) is 17.1 Å². The number of nitrogens with zero attached hydrogens (tertiary/aromatic N) is 2. The van der Waals surface area contributed by atoms with Gasteiger partial charge in [-0.25, -0.2) is 9.78 Å². The van der Waals surface area contributed by atoms with Crippen molar-refractivity contribution in [1.29, 1.82) is 0 Å². The van der Waals surface area contributed by atoms with Crippen molar-refractivity contribution in [3.8, 4) is 0 Å². The van der Waals surface area contributed by atoms with Crippen LogP contribution in [0.1, 0.15) is 5.56 Å². The third kappa shape index (κ3) is 1.49. The number of imidazole rings is 1. The fourth-order valence-corrected chi connectivity index (χ4v) is 1.27. The second-order valence-corrected chi connectivity index (χ2v) is 3.08. The first-order valence-electron chi connectivity index (χ1n) is 4.01. The largest absolute Gasteiger partial charge is 0.417 e. The SMILES string of the molecule is Cn1c(=O)[nH]c2cc(C(F)(F)F)cnc21. The van der Waals surface area contributed by atoms with Gasteiger partial charge in [0, 0.05) is 13.2 Å². The van der Waals surface area contributed by atoms with Gasteiger partial charge in [0.05, 0.1) is 11.1 Å². The predicted octanol–water partition coefficient (Wildman–Crippen LogP) is 1.28. The number of alkyl halides is 3. The highest BCUT2D eigenvalue weighted by Crippen LogP contribution is 2.29. The molecule has 2 rings (SSSR count). The molecule has 0 aliphatic carbocycles. The average molecular weight is 217 g/mol. The summed E-state index contributed by atoms with van der Waals surface area (Å²) in [4.78, 5) is 16.9. The summed E-state index contributed by atoms with van der Waals surface area (Å²) in [6.07, 6.45) is -3.75. The van der Waals surface area contributed by atoms with Crippen molar-refractivity contribution in [2.45, 2.75) is 6.18 Å². The van der Waals surface area contributed by atoms with Crippen LogP contribution in [0.4, 0.5) is 13.2 Å². The molecule has 0 aliphatic heterocycles. The molecule has 0 unspecified atom stereocenters. The Morgan fingerprint density at radius 3 is 2.73 bits per heavy atom. The number of hydrogen-bond acceptors (Lipinski definition) is 2. The fourth-order valence-electron chi connectivity index (χ4n) is 1.27. The number of halogens is 3. The topological polar surface area (TPSA) is 50.7 Å². The number of H-pyrrole nitrogens is 1. The van der Waals surface area contributed by atoms with Crippen molar-refractivity contribution in [2.75, 3.05) is 0 Å². The van der Waals surface area contributed by atoms with Crippen LogP contribution < -0.4 is 5.69 Å². The zero-order chi connectivity index (χ0) is 11.2. The Balaban J connectivity index is 2.73. The molecule has 0 saturated carbocycles. The molecule has 0 aliphatic rings. The summed E-state index contributed by atoms with van der Waals surface area (Å²) in [7, 11) is 1.43. The molecule has 0 bridgehead atoms. The normalized spacial score (nSPS) is 12.3. The van der Waals surface area contributed by atoms with Crippen molar-refractivity contribution in [3.05, 3.63) is 28.3 Å². The molecule has 7 heteroatoms. The van der Waals surface area contributed by atoms with Gasteiger partial charge in [-0.2, -0.15) is 13.2 Å². The number of nitrogens with one attached hydrogen (secondary N) is 1. The van der Waals surface area contributed by atoms with Crippen LogP contribution in [0.25, 0.3) is 11.2 Å². The quantitative estimate of drug-likeness (QED) is 0.722. The highest BCUT2D eigenvalue weighted by molar-refractivity contribution is 5.71. The number of rotatable bonds is 0. The molecule has 2 aromatic rings. The zero-order valence-corrected chi connectivity index (χ0v) is 7.59. The van der Waals surface area contributed by atoms with Gasteiger partial charge in [-0.15, -0.1) is 0 Å². The van der Waals surface area contributed by atoms with Gasteiger partial charge in [0.1, 0.15) is 0 Å². The molecule has 0 radical (unpaired) electrons. The molecule has 0 aromatic carbocycles. The van der Waals surface area contributed by atoms with Gasteiger partial charge in [0.25, 0.3) is 0 Å². The first kappa shape index (κ1) is 9.75. The minimum Gasteiger partial charge on any atom is -0.304 e. The molecule has 80 valence electrons. The fraction of sp³-hybridized carbons (Fsp3) is 0.250. The second-order valence-electron chi connectivity index (χ2n) is 3.08. The van der Waals surface area contributed by atoms with Crippen LogP contribution in [-0.2, 0) is 13.2 Å². The molecule has 2 heterocycles. The van der Waals surface area contributed by atoms with E-state index in [4.69, 9.17) is 0 Å². The molecule has 0 amide bonds. The maximum Gasteiger partial charge on any atom is 0.417 e. The van der Waals surface area contributed by atoms with E-state index in [0.29, 0.717) is 6.20 Å². The van der Waals surface area contributed by atoms with Gasteiger partial charge in [-0.3, -0.25) is 4.57 Å². The van der Waals surface area contributed by atoms with Crippen molar-refractivity contribution in [1.82, 2.24) is 14.5 Å². The Morgan fingerprint density at radius 2 is 2.13 bits per heavy atom. The molecule has 15 heavy (non-hydrogen) atoms. The predicted molar refractivity (Wildman–Crippen MR) is 46.3 cm³/mol. The Kier molecular flexibility index (Phi) is 1.85. The minimum absolute atomic E-state index is 0.0809. The zero-order valence-electron chi connectivity index (χ0n) is 7.59. The smallest absolute Gasteiger partial charge is 0.304 e. The van der Waals surface area contributed by atoms with Gasteiger partial charge in [-0.1, -0.05) is 0 Å². The summed E-state index contributed by atoms with van der Waals surface area (Å²) < 4.78 is 38.0. The maximum atomic E-state index is 12.3. The van der Waals surface area contributed by atoms with Crippen LogP contribution >= 0.6 is 0 Å². The standard InChI is InChI=1S/C8H6F3N3O/c1-14-6-5(13-7(14)15)2-4(3-12-6)8(9,10)11/h2-3H,1H3,(H,13,15). The summed E-state index contributed by atoms with van der Waals surface area (Å²) >= 11 is 0. The highest BCUT2D eigenvalue weighted by Gasteiger charge is 2.31. The molecule has 0 atom stereocenters. The Labute approximate surface area is 81.4 Å². The van der Waals surface area contributed by atoms with E-state index in [-0.39, 0.29) is 11.2 Å². The van der Waals surface area contributed by atoms with E-state index in [1.54, 1.807) is 0 Å². The first-order valence-corrected chi connectivity index (χ1v) is 4.01. The number of hydrogen-bond donors (Lipinski definition) is 1. The molecule has 4 nitrogen and oxygen atoms in total. The summed E-state index contributed by atoms with van der Waals surface area (Å²) in [5.41, 5.74) is -1.08. The Bertz CT molecular complexity index is 566. The van der Waals surface area contributed by atoms with E-state index >= 15 is 0 Å². The van der Waals surface area contributed by atoms with Crippen molar-refractivity contribution in [2.24, 2.45) is 7.05 Å². The third-order valence-corrected chi connectivity index (χ3v) is 2.06. The lowest BCUT2D eigenvalue weighted by atomic mass is 10.2. The van der Waals surface area contributed by atoms with E-state index < -0.39 is 17.4 Å². The van der Waals surface area contributed by atoms with E-state index in [2.05, 4.69) is 9.97 Å². The number of aromatic amines is 1. The summed E-state index contributed by atoms with van der Waals surface area (Å²) in [5, 5.41) is 0. The molecule has 2 aromatic heterocycles. The maximum absolute atomic E-state index is 12.3. The summed E-state index contributed by atoms with van der Waals surface area (Å²) in [5.74, 6) is 0. The van der Waals surface area contributed by atoms with Gasteiger partial charge >= 0.3 is 11.9 Å². The second kappa shape index (κ2) is 2.85. The molecule has 0 fully saturated rings. The van der Waals surface area contributed by atoms with E-state index in [1.165, 1.54) is 7.05 Å². The first-order chi connectivity index (χ1) is 6.89. The van der Waals surface area contributed by atoms with Crippen molar-refractivity contribution >= 4 is 11.2 Å². The Hall–Kier alpha value is -1.79. The van der Waals surface area contributed by atoms with E-state index in [0.717, 1.165) is 10.6 Å². The minimum atomic E-state index is -4.45. The van der Waals surface area contributed by atoms with Crippen LogP contribution in [0.5, 0.6) is 0 Å². The van der Waals surface area contributed by atoms with Gasteiger partial charge in [0.15, 0.2) is 5.65 Å². The van der Waals surface area contributed by atoms with Crippen LogP contribution in [0.2, 0.25) is 0 Å². The van der Waals surface area contributed by atoms with Crippen molar-refractivity contribution < 1.29 is 13.2 Å². The average Bonchev–Trinajstić information content (AvgIpc) is 2.41. The number of aromatic nitrogens is 3. The lowest BCUT2D eigenvalue weighted by Crippen LogP contribution is -2.12. The summed E-state index contributed by atoms with van der Waals surface area (Å²) in [6, 6.07) is 0.865. The van der Waals surface area contributed by atoms with Crippen LogP contribution in [0, 0.1) is 0 Å². The highest BCUT2D eigenvalue weighted by atomic mass is 19.4. The molecule has 0 saturated heterocycles. The van der Waals surface area contributed by atoms with Gasteiger partial charge in [-0.05, 0) is 6.07 Å². The number of aryl methyl sites for hydroxylation is 1. The lowest BCUT2D eigenvalue weighted by molar-refractivity contribution is -0.137. The summed E-state index contributed by atoms with van der Waals surface area (Å²) in [6.45, 7) is 0. The van der Waals surface area contributed by atoms with E-state index in [9.17, 15) is 18.0 Å². The molecular weight excluding hydrogens is 211 g/mol. The monoisotopic (exact) mass is 217 g/mol. The molecule has 1 N–H and O–H groups in total. The Morgan fingerprint density at radius 1 is 1.47 bits per heavy atom. The third-order valence-electron chi connectivity index (χ3n) is 2.06. The number of fused-ring (bicyclic) bond motifs is 1. The molecule has 0 spiro atoms. The number of pyridine rings is 1. The van der Waals surface area contributed by atoms with Crippen molar-refractivity contribution in [3.63, 3.8) is 0 Å². The molecular formula is C8H6F3N3O.